The van der Waals surface area contributed by atoms with E-state index in [-0.39, 0.29) is 0 Å². The molecule has 3 aromatic carbocycles. The summed E-state index contributed by atoms with van der Waals surface area (Å²) in [5.41, 5.74) is 5.79. The molecule has 1 aromatic heterocycles. The number of halogens is 1. The number of imidazole rings is 1. The Bertz CT molecular complexity index is 1240. The van der Waals surface area contributed by atoms with Crippen LogP contribution in [0.5, 0.6) is 5.75 Å². The number of hydrogen-bond acceptors (Lipinski definition) is 2. The van der Waals surface area contributed by atoms with Crippen LogP contribution in [0, 0.1) is 6.92 Å². The molecule has 4 aromatic rings. The van der Waals surface area contributed by atoms with Gasteiger partial charge in [0, 0.05) is 11.6 Å². The van der Waals surface area contributed by atoms with Crippen molar-refractivity contribution in [3.8, 4) is 5.75 Å². The van der Waals surface area contributed by atoms with Crippen molar-refractivity contribution in [2.24, 2.45) is 0 Å². The van der Waals surface area contributed by atoms with Crippen molar-refractivity contribution in [3.05, 3.63) is 94.3 Å². The monoisotopic (exact) mass is 458 g/mol. The Labute approximate surface area is 201 Å². The summed E-state index contributed by atoms with van der Waals surface area (Å²) in [6.45, 7) is 8.14. The lowest BCUT2D eigenvalue weighted by atomic mass is 10.0. The van der Waals surface area contributed by atoms with Crippen LogP contribution in [0.25, 0.3) is 23.2 Å². The van der Waals surface area contributed by atoms with Gasteiger partial charge in [0.2, 0.25) is 0 Å². The van der Waals surface area contributed by atoms with Crippen molar-refractivity contribution in [2.45, 2.75) is 46.1 Å². The maximum atomic E-state index is 6.18. The summed E-state index contributed by atoms with van der Waals surface area (Å²) in [6, 6.07) is 22.7. The zero-order valence-corrected chi connectivity index (χ0v) is 20.3. The molecule has 0 bridgehead atoms. The van der Waals surface area contributed by atoms with Crippen molar-refractivity contribution in [3.63, 3.8) is 0 Å². The number of fused-ring (bicyclic) bond motifs is 1. The lowest BCUT2D eigenvalue weighted by Crippen LogP contribution is -2.05. The van der Waals surface area contributed by atoms with Crippen LogP contribution in [0.3, 0.4) is 0 Å². The van der Waals surface area contributed by atoms with E-state index in [2.05, 4.69) is 73.9 Å². The molecule has 0 N–H and O–H groups in total. The second kappa shape index (κ2) is 10.7. The van der Waals surface area contributed by atoms with Crippen LogP contribution in [0.1, 0.15) is 55.1 Å². The highest BCUT2D eigenvalue weighted by Gasteiger charge is 2.10. The summed E-state index contributed by atoms with van der Waals surface area (Å²) < 4.78 is 8.48. The zero-order chi connectivity index (χ0) is 23.2. The molecular weight excluding hydrogens is 428 g/mol. The lowest BCUT2D eigenvalue weighted by Gasteiger charge is -2.15. The van der Waals surface area contributed by atoms with Crippen molar-refractivity contribution >= 4 is 34.8 Å². The fourth-order valence-electron chi connectivity index (χ4n) is 4.00. The molecular formula is C29H31ClN2O. The number of benzene rings is 3. The van der Waals surface area contributed by atoms with E-state index in [0.717, 1.165) is 52.6 Å². The van der Waals surface area contributed by atoms with E-state index in [1.807, 2.05) is 30.3 Å². The third-order valence-electron chi connectivity index (χ3n) is 5.80. The molecule has 0 aliphatic carbocycles. The summed E-state index contributed by atoms with van der Waals surface area (Å²) in [7, 11) is 0. The summed E-state index contributed by atoms with van der Waals surface area (Å²) >= 11 is 6.01. The van der Waals surface area contributed by atoms with Gasteiger partial charge in [-0.3, -0.25) is 0 Å². The van der Waals surface area contributed by atoms with E-state index in [9.17, 15) is 0 Å². The molecule has 0 saturated heterocycles. The number of aryl methyl sites for hydroxylation is 2. The van der Waals surface area contributed by atoms with Gasteiger partial charge < -0.3 is 9.30 Å². The summed E-state index contributed by atoms with van der Waals surface area (Å²) in [6.07, 6.45) is 6.17. The molecule has 4 rings (SSSR count). The summed E-state index contributed by atoms with van der Waals surface area (Å²) in [5.74, 6) is 2.44. The number of aromatic nitrogens is 2. The fourth-order valence-corrected chi connectivity index (χ4v) is 4.12. The van der Waals surface area contributed by atoms with E-state index in [1.165, 1.54) is 11.1 Å². The van der Waals surface area contributed by atoms with E-state index in [4.69, 9.17) is 21.3 Å². The number of unbranched alkanes of at least 4 members (excludes halogenated alkanes) is 1. The predicted octanol–water partition coefficient (Wildman–Crippen LogP) is 8.15. The van der Waals surface area contributed by atoms with Crippen molar-refractivity contribution in [2.75, 3.05) is 6.61 Å². The van der Waals surface area contributed by atoms with Crippen LogP contribution in [0.15, 0.2) is 66.7 Å². The molecule has 0 spiro atoms. The van der Waals surface area contributed by atoms with Crippen LogP contribution < -0.4 is 4.74 Å². The van der Waals surface area contributed by atoms with Crippen LogP contribution in [-0.2, 0) is 6.54 Å². The molecule has 0 saturated carbocycles. The highest BCUT2D eigenvalue weighted by molar-refractivity contribution is 6.30. The number of hydrogen-bond donors (Lipinski definition) is 0. The van der Waals surface area contributed by atoms with E-state index in [0.29, 0.717) is 12.5 Å². The minimum absolute atomic E-state index is 0.452. The average Bonchev–Trinajstić information content (AvgIpc) is 3.16. The molecule has 33 heavy (non-hydrogen) atoms. The Morgan fingerprint density at radius 2 is 1.76 bits per heavy atom. The van der Waals surface area contributed by atoms with Crippen LogP contribution in [0.4, 0.5) is 0 Å². The Morgan fingerprint density at radius 3 is 2.55 bits per heavy atom. The SMILES string of the molecule is Cc1ccc(C(C)C)c(OCCCCn2c(/C=C/c3ccc(Cl)cc3)nc3ccccc32)c1. The molecule has 0 fully saturated rings. The molecule has 0 aliphatic heterocycles. The van der Waals surface area contributed by atoms with E-state index >= 15 is 0 Å². The molecule has 0 amide bonds. The van der Waals surface area contributed by atoms with Gasteiger partial charge in [-0.1, -0.05) is 67.9 Å². The molecule has 0 unspecified atom stereocenters. The highest BCUT2D eigenvalue weighted by Crippen LogP contribution is 2.28. The summed E-state index contributed by atoms with van der Waals surface area (Å²) in [5, 5.41) is 0.743. The topological polar surface area (TPSA) is 27.1 Å². The minimum Gasteiger partial charge on any atom is -0.493 e. The first kappa shape index (κ1) is 23.1. The quantitative estimate of drug-likeness (QED) is 0.236. The van der Waals surface area contributed by atoms with Crippen molar-refractivity contribution in [1.29, 1.82) is 0 Å². The lowest BCUT2D eigenvalue weighted by molar-refractivity contribution is 0.299. The maximum absolute atomic E-state index is 6.18. The first-order valence-corrected chi connectivity index (χ1v) is 12.0. The van der Waals surface area contributed by atoms with Gasteiger partial charge in [0.1, 0.15) is 11.6 Å². The molecule has 170 valence electrons. The van der Waals surface area contributed by atoms with Crippen molar-refractivity contribution < 1.29 is 4.74 Å². The maximum Gasteiger partial charge on any atom is 0.133 e. The fraction of sp³-hybridized carbons (Fsp3) is 0.276. The third-order valence-corrected chi connectivity index (χ3v) is 6.06. The number of para-hydroxylation sites is 2. The van der Waals surface area contributed by atoms with Crippen molar-refractivity contribution in [1.82, 2.24) is 9.55 Å². The van der Waals surface area contributed by atoms with Gasteiger partial charge in [0.05, 0.1) is 17.6 Å². The second-order valence-electron chi connectivity index (χ2n) is 8.75. The Balaban J connectivity index is 1.43. The molecule has 3 nitrogen and oxygen atoms in total. The number of rotatable bonds is 9. The smallest absolute Gasteiger partial charge is 0.133 e. The first-order valence-electron chi connectivity index (χ1n) is 11.6. The average molecular weight is 459 g/mol. The molecule has 4 heteroatoms. The molecule has 0 atom stereocenters. The third kappa shape index (κ3) is 5.85. The number of ether oxygens (including phenoxy) is 1. The first-order chi connectivity index (χ1) is 16.0. The number of nitrogens with zero attached hydrogens (tertiary/aromatic N) is 2. The van der Waals surface area contributed by atoms with Crippen LogP contribution >= 0.6 is 11.6 Å². The molecule has 1 heterocycles. The standard InChI is InChI=1S/C29H31ClN2O/c1-21(2)25-16-10-22(3)20-28(25)33-19-7-6-18-32-27-9-5-4-8-26(27)31-29(32)17-13-23-11-14-24(30)15-12-23/h4-5,8-17,20-21H,6-7,18-19H2,1-3H3/b17-13+. The summed E-state index contributed by atoms with van der Waals surface area (Å²) in [4.78, 5) is 4.85. The van der Waals surface area contributed by atoms with Crippen LogP contribution in [-0.4, -0.2) is 16.2 Å². The molecule has 0 radical (unpaired) electrons. The second-order valence-corrected chi connectivity index (χ2v) is 9.18. The normalized spacial score (nSPS) is 11.7. The van der Waals surface area contributed by atoms with Gasteiger partial charge in [0.15, 0.2) is 0 Å². The Hall–Kier alpha value is -3.04. The Morgan fingerprint density at radius 1 is 0.970 bits per heavy atom. The van der Waals surface area contributed by atoms with Gasteiger partial charge >= 0.3 is 0 Å². The zero-order valence-electron chi connectivity index (χ0n) is 19.6. The van der Waals surface area contributed by atoms with E-state index in [1.54, 1.807) is 0 Å². The Kier molecular flexibility index (Phi) is 7.51. The van der Waals surface area contributed by atoms with Crippen LogP contribution in [0.2, 0.25) is 5.02 Å². The van der Waals surface area contributed by atoms with Gasteiger partial charge in [0.25, 0.3) is 0 Å². The van der Waals surface area contributed by atoms with E-state index < -0.39 is 0 Å². The van der Waals surface area contributed by atoms with Gasteiger partial charge in [-0.25, -0.2) is 4.98 Å². The largest absolute Gasteiger partial charge is 0.493 e. The highest BCUT2D eigenvalue weighted by atomic mass is 35.5. The van der Waals surface area contributed by atoms with Gasteiger partial charge in [-0.15, -0.1) is 0 Å². The molecule has 0 aliphatic rings. The van der Waals surface area contributed by atoms with Gasteiger partial charge in [-0.05, 0) is 78.8 Å². The predicted molar refractivity (Wildman–Crippen MR) is 140 cm³/mol. The van der Waals surface area contributed by atoms with Gasteiger partial charge in [-0.2, -0.15) is 0 Å². The minimum atomic E-state index is 0.452.